The molecule has 1 aromatic rings. The van der Waals surface area contributed by atoms with Crippen LogP contribution in [-0.4, -0.2) is 23.9 Å². The minimum atomic E-state index is -0.449. The van der Waals surface area contributed by atoms with Crippen LogP contribution in [0.1, 0.15) is 43.5 Å². The summed E-state index contributed by atoms with van der Waals surface area (Å²) >= 11 is 0. The van der Waals surface area contributed by atoms with Gasteiger partial charge in [0.1, 0.15) is 5.69 Å². The molecule has 2 N–H and O–H groups in total. The van der Waals surface area contributed by atoms with Crippen molar-refractivity contribution in [3.8, 4) is 0 Å². The zero-order chi connectivity index (χ0) is 15.5. The molecular weight excluding hydrogens is 270 g/mol. The first-order valence-corrected chi connectivity index (χ1v) is 7.26. The summed E-state index contributed by atoms with van der Waals surface area (Å²) in [5.74, 6) is -0.183. The molecule has 2 rings (SSSR count). The number of nitrogens with one attached hydrogen (secondary N) is 2. The zero-order valence-electron chi connectivity index (χ0n) is 12.4. The number of benzene rings is 1. The number of carbonyl (C=O) groups excluding carboxylic acids is 1. The van der Waals surface area contributed by atoms with Gasteiger partial charge < -0.3 is 10.6 Å². The number of carbonyl (C=O) groups is 1. The van der Waals surface area contributed by atoms with Gasteiger partial charge in [0, 0.05) is 24.7 Å². The second kappa shape index (κ2) is 6.11. The molecular formula is C15H21N3O3. The van der Waals surface area contributed by atoms with E-state index in [1.54, 1.807) is 6.07 Å². The maximum Gasteiger partial charge on any atom is 0.292 e. The van der Waals surface area contributed by atoms with Crippen LogP contribution in [0.25, 0.3) is 0 Å². The number of rotatable bonds is 6. The third kappa shape index (κ3) is 3.51. The molecule has 6 heteroatoms. The lowest BCUT2D eigenvalue weighted by Crippen LogP contribution is -2.39. The van der Waals surface area contributed by atoms with Crippen molar-refractivity contribution in [2.45, 2.75) is 33.1 Å². The molecule has 0 aliphatic heterocycles. The Hall–Kier alpha value is -2.11. The Bertz CT molecular complexity index is 553. The maximum absolute atomic E-state index is 12.2. The van der Waals surface area contributed by atoms with Crippen LogP contribution >= 0.6 is 0 Å². The smallest absolute Gasteiger partial charge is 0.292 e. The van der Waals surface area contributed by atoms with E-state index in [-0.39, 0.29) is 17.0 Å². The zero-order valence-corrected chi connectivity index (χ0v) is 12.4. The van der Waals surface area contributed by atoms with Gasteiger partial charge in [0.15, 0.2) is 0 Å². The van der Waals surface area contributed by atoms with Gasteiger partial charge >= 0.3 is 0 Å². The van der Waals surface area contributed by atoms with Crippen molar-refractivity contribution in [1.82, 2.24) is 5.32 Å². The van der Waals surface area contributed by atoms with Crippen molar-refractivity contribution in [3.63, 3.8) is 0 Å². The fourth-order valence-electron chi connectivity index (χ4n) is 2.52. The van der Waals surface area contributed by atoms with Crippen molar-refractivity contribution in [3.05, 3.63) is 33.9 Å². The van der Waals surface area contributed by atoms with Gasteiger partial charge in [-0.15, -0.1) is 0 Å². The monoisotopic (exact) mass is 291 g/mol. The summed E-state index contributed by atoms with van der Waals surface area (Å²) in [5.41, 5.74) is 1.02. The summed E-state index contributed by atoms with van der Waals surface area (Å²) in [5, 5.41) is 16.8. The van der Waals surface area contributed by atoms with Crippen LogP contribution in [-0.2, 0) is 0 Å². The van der Waals surface area contributed by atoms with Crippen LogP contribution in [0.5, 0.6) is 0 Å². The van der Waals surface area contributed by atoms with E-state index in [0.717, 1.165) is 12.8 Å². The van der Waals surface area contributed by atoms with E-state index in [1.165, 1.54) is 18.6 Å². The lowest BCUT2D eigenvalue weighted by molar-refractivity contribution is -0.384. The number of hydrogen-bond acceptors (Lipinski definition) is 4. The molecule has 21 heavy (non-hydrogen) atoms. The first-order valence-electron chi connectivity index (χ1n) is 7.26. The normalized spacial score (nSPS) is 15.9. The van der Waals surface area contributed by atoms with E-state index < -0.39 is 4.92 Å². The predicted octanol–water partition coefficient (Wildman–Crippen LogP) is 2.95. The van der Waals surface area contributed by atoms with Gasteiger partial charge in [0.2, 0.25) is 0 Å². The highest BCUT2D eigenvalue weighted by atomic mass is 16.6. The molecule has 114 valence electrons. The van der Waals surface area contributed by atoms with Gasteiger partial charge in [0.25, 0.3) is 11.6 Å². The Labute approximate surface area is 124 Å². The summed E-state index contributed by atoms with van der Waals surface area (Å²) in [4.78, 5) is 22.7. The molecule has 0 spiro atoms. The van der Waals surface area contributed by atoms with Crippen LogP contribution < -0.4 is 10.6 Å². The topological polar surface area (TPSA) is 84.3 Å². The molecule has 0 aromatic heterocycles. The van der Waals surface area contributed by atoms with E-state index in [1.807, 2.05) is 6.92 Å². The van der Waals surface area contributed by atoms with Crippen molar-refractivity contribution < 1.29 is 9.72 Å². The van der Waals surface area contributed by atoms with Gasteiger partial charge in [-0.2, -0.15) is 0 Å². The summed E-state index contributed by atoms with van der Waals surface area (Å²) in [7, 11) is 0. The summed E-state index contributed by atoms with van der Waals surface area (Å²) in [6.45, 7) is 5.23. The molecule has 0 bridgehead atoms. The minimum Gasteiger partial charge on any atom is -0.380 e. The Morgan fingerprint density at radius 2 is 2.14 bits per heavy atom. The summed E-state index contributed by atoms with van der Waals surface area (Å²) in [6, 6.07) is 4.41. The van der Waals surface area contributed by atoms with E-state index in [4.69, 9.17) is 0 Å². The molecule has 0 atom stereocenters. The third-order valence-corrected chi connectivity index (χ3v) is 4.06. The molecule has 0 radical (unpaired) electrons. The molecule has 1 saturated carbocycles. The second-order valence-corrected chi connectivity index (χ2v) is 5.87. The Balaban J connectivity index is 2.09. The number of anilines is 1. The van der Waals surface area contributed by atoms with Crippen molar-refractivity contribution in [1.29, 1.82) is 0 Å². The lowest BCUT2D eigenvalue weighted by Gasteiger charge is -2.38. The molecule has 1 aromatic carbocycles. The highest BCUT2D eigenvalue weighted by Gasteiger charge is 2.32. The molecule has 1 amide bonds. The van der Waals surface area contributed by atoms with E-state index in [2.05, 4.69) is 17.6 Å². The molecule has 0 saturated heterocycles. The largest absolute Gasteiger partial charge is 0.380 e. The number of nitro benzene ring substituents is 1. The Morgan fingerprint density at radius 3 is 2.67 bits per heavy atom. The van der Waals surface area contributed by atoms with Crippen LogP contribution in [0.2, 0.25) is 0 Å². The van der Waals surface area contributed by atoms with Gasteiger partial charge in [-0.05, 0) is 37.3 Å². The first kappa shape index (κ1) is 15.3. The van der Waals surface area contributed by atoms with Gasteiger partial charge in [-0.25, -0.2) is 0 Å². The molecule has 0 unspecified atom stereocenters. The molecule has 1 fully saturated rings. The average Bonchev–Trinajstić information content (AvgIpc) is 2.42. The summed E-state index contributed by atoms with van der Waals surface area (Å²) in [6.07, 6.45) is 3.49. The molecule has 1 aliphatic carbocycles. The number of nitrogens with zero attached hydrogens (tertiary/aromatic N) is 1. The summed E-state index contributed by atoms with van der Waals surface area (Å²) < 4.78 is 0. The van der Waals surface area contributed by atoms with Gasteiger partial charge in [0.05, 0.1) is 4.92 Å². The predicted molar refractivity (Wildman–Crippen MR) is 81.6 cm³/mol. The highest BCUT2D eigenvalue weighted by Crippen LogP contribution is 2.39. The fraction of sp³-hybridized carbons (Fsp3) is 0.533. The number of hydrogen-bond donors (Lipinski definition) is 2. The van der Waals surface area contributed by atoms with Gasteiger partial charge in [-0.1, -0.05) is 13.3 Å². The highest BCUT2D eigenvalue weighted by molar-refractivity contribution is 5.95. The molecule has 1 aliphatic rings. The SMILES string of the molecule is CCNc1cc(C(=O)NCC2(C)CCC2)ccc1[N+](=O)[O-]. The number of nitro groups is 1. The number of amides is 1. The lowest BCUT2D eigenvalue weighted by atomic mass is 9.70. The molecule has 0 heterocycles. The fourth-order valence-corrected chi connectivity index (χ4v) is 2.52. The van der Waals surface area contributed by atoms with Crippen molar-refractivity contribution >= 4 is 17.3 Å². The minimum absolute atomic E-state index is 0.0145. The van der Waals surface area contributed by atoms with Crippen LogP contribution in [0, 0.1) is 15.5 Å². The van der Waals surface area contributed by atoms with Crippen LogP contribution in [0.3, 0.4) is 0 Å². The van der Waals surface area contributed by atoms with Crippen molar-refractivity contribution in [2.24, 2.45) is 5.41 Å². The van der Waals surface area contributed by atoms with E-state index in [0.29, 0.717) is 24.3 Å². The molecule has 6 nitrogen and oxygen atoms in total. The van der Waals surface area contributed by atoms with Crippen molar-refractivity contribution in [2.75, 3.05) is 18.4 Å². The average molecular weight is 291 g/mol. The quantitative estimate of drug-likeness (QED) is 0.623. The maximum atomic E-state index is 12.2. The first-order chi connectivity index (χ1) is 9.95. The standard InChI is InChI=1S/C15H21N3O3/c1-3-16-12-9-11(5-6-13(12)18(20)21)14(19)17-10-15(2)7-4-8-15/h5-6,9,16H,3-4,7-8,10H2,1-2H3,(H,17,19). The van der Waals surface area contributed by atoms with Crippen LogP contribution in [0.4, 0.5) is 11.4 Å². The van der Waals surface area contributed by atoms with E-state index in [9.17, 15) is 14.9 Å². The van der Waals surface area contributed by atoms with E-state index >= 15 is 0 Å². The Morgan fingerprint density at radius 1 is 1.43 bits per heavy atom. The van der Waals surface area contributed by atoms with Crippen LogP contribution in [0.15, 0.2) is 18.2 Å². The Kier molecular flexibility index (Phi) is 4.45. The van der Waals surface area contributed by atoms with Gasteiger partial charge in [-0.3, -0.25) is 14.9 Å². The second-order valence-electron chi connectivity index (χ2n) is 5.87. The third-order valence-electron chi connectivity index (χ3n) is 4.06.